The zero-order chi connectivity index (χ0) is 18.5. The molecule has 0 spiro atoms. The zero-order valence-electron chi connectivity index (χ0n) is 16.7. The first-order valence-corrected chi connectivity index (χ1v) is 11.8. The number of hydrogen-bond donors (Lipinski definition) is 0. The summed E-state index contributed by atoms with van der Waals surface area (Å²) in [5, 5.41) is 0. The third kappa shape index (κ3) is 2.56. The summed E-state index contributed by atoms with van der Waals surface area (Å²) in [5.41, 5.74) is 1.78. The predicted octanol–water partition coefficient (Wildman–Crippen LogP) is 5.89. The van der Waals surface area contributed by atoms with Gasteiger partial charge in [-0.05, 0) is 91.8 Å². The second-order valence-electron chi connectivity index (χ2n) is 9.67. The van der Waals surface area contributed by atoms with E-state index in [-0.39, 0.29) is 4.75 Å². The molecule has 0 N–H and O–H groups in total. The van der Waals surface area contributed by atoms with Crippen LogP contribution in [0.15, 0.2) is 11.6 Å². The summed E-state index contributed by atoms with van der Waals surface area (Å²) in [7, 11) is 0. The number of carbonyl (C=O) groups excluding carboxylic acids is 1. The Hall–Kier alpha value is -0.680. The molecular weight excluding hydrogens is 336 g/mol. The molecule has 3 saturated carbocycles. The van der Waals surface area contributed by atoms with Crippen LogP contribution in [0, 0.1) is 47.3 Å². The first-order chi connectivity index (χ1) is 12.5. The minimum Gasteiger partial charge on any atom is -0.295 e. The predicted molar refractivity (Wildman–Crippen MR) is 111 cm³/mol. The molecule has 0 aromatic carbocycles. The highest BCUT2D eigenvalue weighted by atomic mass is 32.2. The maximum Gasteiger partial charge on any atom is 0.155 e. The highest BCUT2D eigenvalue weighted by Gasteiger charge is 2.63. The Kier molecular flexibility index (Phi) is 4.84. The third-order valence-corrected chi connectivity index (χ3v) is 10.4. The van der Waals surface area contributed by atoms with Crippen LogP contribution < -0.4 is 0 Å². The van der Waals surface area contributed by atoms with E-state index in [2.05, 4.69) is 38.5 Å². The average Bonchev–Trinajstić information content (AvgIpc) is 2.92. The average molecular weight is 371 g/mol. The Labute approximate surface area is 164 Å². The van der Waals surface area contributed by atoms with Crippen LogP contribution >= 0.6 is 11.8 Å². The van der Waals surface area contributed by atoms with Crippen molar-refractivity contribution in [1.82, 2.24) is 0 Å². The Morgan fingerprint density at radius 2 is 2.12 bits per heavy atom. The fraction of sp³-hybridized carbons (Fsp3) is 0.792. The van der Waals surface area contributed by atoms with Gasteiger partial charge < -0.3 is 0 Å². The molecule has 0 aromatic rings. The molecular formula is C24H34OS. The van der Waals surface area contributed by atoms with Crippen LogP contribution in [0.5, 0.6) is 0 Å². The summed E-state index contributed by atoms with van der Waals surface area (Å²) in [5.74, 6) is 8.64. The van der Waals surface area contributed by atoms with Gasteiger partial charge in [-0.1, -0.05) is 32.3 Å². The van der Waals surface area contributed by atoms with Crippen molar-refractivity contribution in [2.24, 2.45) is 35.0 Å². The quantitative estimate of drug-likeness (QED) is 0.576. The smallest absolute Gasteiger partial charge is 0.155 e. The lowest BCUT2D eigenvalue weighted by Crippen LogP contribution is -2.53. The Bertz CT molecular complexity index is 658. The van der Waals surface area contributed by atoms with E-state index in [1.807, 2.05) is 6.08 Å². The molecule has 26 heavy (non-hydrogen) atoms. The van der Waals surface area contributed by atoms with Gasteiger partial charge in [-0.15, -0.1) is 18.2 Å². The van der Waals surface area contributed by atoms with Crippen molar-refractivity contribution in [2.45, 2.75) is 76.9 Å². The number of fused-ring (bicyclic) bond motifs is 5. The van der Waals surface area contributed by atoms with E-state index in [4.69, 9.17) is 6.42 Å². The van der Waals surface area contributed by atoms with Gasteiger partial charge in [0.05, 0.1) is 4.75 Å². The van der Waals surface area contributed by atoms with Crippen molar-refractivity contribution in [1.29, 1.82) is 0 Å². The molecule has 7 atom stereocenters. The summed E-state index contributed by atoms with van der Waals surface area (Å²) in [6.07, 6.45) is 17.6. The van der Waals surface area contributed by atoms with Gasteiger partial charge in [-0.3, -0.25) is 4.79 Å². The van der Waals surface area contributed by atoms with E-state index in [1.165, 1.54) is 43.4 Å². The molecule has 0 aliphatic heterocycles. The lowest BCUT2D eigenvalue weighted by atomic mass is 9.49. The van der Waals surface area contributed by atoms with Crippen molar-refractivity contribution in [2.75, 3.05) is 5.75 Å². The molecule has 0 heterocycles. The van der Waals surface area contributed by atoms with Gasteiger partial charge in [0.15, 0.2) is 5.78 Å². The maximum atomic E-state index is 11.9. The fourth-order valence-electron chi connectivity index (χ4n) is 7.38. The Balaban J connectivity index is 1.66. The maximum absolute atomic E-state index is 11.9. The Morgan fingerprint density at radius 1 is 1.31 bits per heavy atom. The molecule has 0 aromatic heterocycles. The summed E-state index contributed by atoms with van der Waals surface area (Å²) in [6.45, 7) is 7.25. The van der Waals surface area contributed by atoms with Crippen LogP contribution in [0.4, 0.5) is 0 Å². The van der Waals surface area contributed by atoms with Crippen LogP contribution in [0.2, 0.25) is 0 Å². The second kappa shape index (κ2) is 6.73. The largest absolute Gasteiger partial charge is 0.295 e. The van der Waals surface area contributed by atoms with E-state index < -0.39 is 0 Å². The van der Waals surface area contributed by atoms with Gasteiger partial charge in [0.1, 0.15) is 0 Å². The molecule has 0 saturated heterocycles. The van der Waals surface area contributed by atoms with Crippen LogP contribution in [0.25, 0.3) is 0 Å². The number of hydrogen-bond acceptors (Lipinski definition) is 2. The molecule has 0 amide bonds. The highest BCUT2D eigenvalue weighted by molar-refractivity contribution is 8.00. The van der Waals surface area contributed by atoms with E-state index in [1.54, 1.807) is 0 Å². The van der Waals surface area contributed by atoms with Crippen LogP contribution in [0.3, 0.4) is 0 Å². The lowest BCUT2D eigenvalue weighted by molar-refractivity contribution is -0.116. The molecule has 142 valence electrons. The number of thioether (sulfide) groups is 1. The van der Waals surface area contributed by atoms with Crippen molar-refractivity contribution >= 4 is 17.5 Å². The van der Waals surface area contributed by atoms with E-state index in [9.17, 15) is 4.79 Å². The first kappa shape index (κ1) is 18.7. The van der Waals surface area contributed by atoms with Crippen LogP contribution in [-0.2, 0) is 4.79 Å². The Morgan fingerprint density at radius 3 is 2.85 bits per heavy atom. The molecule has 0 bridgehead atoms. The van der Waals surface area contributed by atoms with Gasteiger partial charge in [0, 0.05) is 6.42 Å². The van der Waals surface area contributed by atoms with Crippen LogP contribution in [-0.4, -0.2) is 16.3 Å². The number of terminal acetylenes is 1. The summed E-state index contributed by atoms with van der Waals surface area (Å²) < 4.78 is 0.0526. The monoisotopic (exact) mass is 370 g/mol. The standard InChI is InChI=1S/C24H34OS/c1-5-13-26-24(6-2)12-10-21-22-16(3)14-17-15-18(25)7-8-19(17)20(22)9-11-23(21,24)4/h2,15-16,19-22H,5,7-14H2,1,3-4H3/t16-,19?,20?,21?,22?,23+,24-/m1/s1. The fourth-order valence-corrected chi connectivity index (χ4v) is 8.86. The van der Waals surface area contributed by atoms with Crippen molar-refractivity contribution in [3.63, 3.8) is 0 Å². The van der Waals surface area contributed by atoms with Crippen molar-refractivity contribution < 1.29 is 4.79 Å². The topological polar surface area (TPSA) is 17.1 Å². The van der Waals surface area contributed by atoms with Gasteiger partial charge in [0.2, 0.25) is 0 Å². The molecule has 2 heteroatoms. The number of carbonyl (C=O) groups is 1. The zero-order valence-corrected chi connectivity index (χ0v) is 17.5. The normalized spacial score (nSPS) is 47.4. The number of allylic oxidation sites excluding steroid dienone is 1. The lowest BCUT2D eigenvalue weighted by Gasteiger charge is -2.57. The highest BCUT2D eigenvalue weighted by Crippen LogP contribution is 2.68. The number of ketones is 1. The van der Waals surface area contributed by atoms with Crippen LogP contribution in [0.1, 0.15) is 72.1 Å². The molecule has 1 nitrogen and oxygen atoms in total. The SMILES string of the molecule is C#C[C@@]1(SCCC)CCC2C3C(CC[C@@]21C)C1CCC(=O)C=C1C[C@H]3C. The molecule has 4 rings (SSSR count). The van der Waals surface area contributed by atoms with Gasteiger partial charge in [0.25, 0.3) is 0 Å². The number of rotatable bonds is 3. The van der Waals surface area contributed by atoms with E-state index >= 15 is 0 Å². The minimum atomic E-state index is 0.0526. The summed E-state index contributed by atoms with van der Waals surface area (Å²) >= 11 is 2.09. The summed E-state index contributed by atoms with van der Waals surface area (Å²) in [6, 6.07) is 0. The third-order valence-electron chi connectivity index (χ3n) is 8.55. The van der Waals surface area contributed by atoms with Crippen molar-refractivity contribution in [3.8, 4) is 12.3 Å². The van der Waals surface area contributed by atoms with Gasteiger partial charge in [-0.25, -0.2) is 0 Å². The van der Waals surface area contributed by atoms with E-state index in [0.29, 0.717) is 23.0 Å². The van der Waals surface area contributed by atoms with E-state index in [0.717, 1.165) is 37.0 Å². The molecule has 4 unspecified atom stereocenters. The van der Waals surface area contributed by atoms with Gasteiger partial charge >= 0.3 is 0 Å². The molecule has 0 radical (unpaired) electrons. The summed E-state index contributed by atoms with van der Waals surface area (Å²) in [4.78, 5) is 11.9. The minimum absolute atomic E-state index is 0.0526. The molecule has 3 fully saturated rings. The molecule has 4 aliphatic rings. The van der Waals surface area contributed by atoms with Gasteiger partial charge in [-0.2, -0.15) is 0 Å². The van der Waals surface area contributed by atoms with Crippen molar-refractivity contribution in [3.05, 3.63) is 11.6 Å². The molecule has 4 aliphatic carbocycles. The second-order valence-corrected chi connectivity index (χ2v) is 11.1. The first-order valence-electron chi connectivity index (χ1n) is 10.8.